The zero-order valence-corrected chi connectivity index (χ0v) is 10.2. The number of hydrogen-bond acceptors (Lipinski definition) is 5. The van der Waals surface area contributed by atoms with Gasteiger partial charge in [-0.25, -0.2) is 4.79 Å². The quantitative estimate of drug-likeness (QED) is 0.634. The number of nitrogens with one attached hydrogen (secondary N) is 1. The van der Waals surface area contributed by atoms with E-state index in [1.54, 1.807) is 29.1 Å². The number of carbonyl (C=O) groups excluding carboxylic acids is 1. The number of aromatic nitrogens is 2. The van der Waals surface area contributed by atoms with E-state index in [0.717, 1.165) is 11.4 Å². The van der Waals surface area contributed by atoms with Gasteiger partial charge in [0.1, 0.15) is 0 Å². The van der Waals surface area contributed by atoms with Gasteiger partial charge in [0.25, 0.3) is 0 Å². The highest BCUT2D eigenvalue weighted by molar-refractivity contribution is 5.92. The van der Waals surface area contributed by atoms with Crippen molar-refractivity contribution in [1.29, 1.82) is 0 Å². The fourth-order valence-electron chi connectivity index (χ4n) is 1.56. The predicted octanol–water partition coefficient (Wildman–Crippen LogP) is 1.53. The molecule has 1 aromatic heterocycles. The van der Waals surface area contributed by atoms with E-state index in [2.05, 4.69) is 15.2 Å². The van der Waals surface area contributed by atoms with Gasteiger partial charge in [-0.1, -0.05) is 0 Å². The van der Waals surface area contributed by atoms with Crippen molar-refractivity contribution in [3.8, 4) is 0 Å². The smallest absolute Gasteiger partial charge is 0.337 e. The number of rotatable bonds is 3. The Hall–Kier alpha value is -2.50. The molecule has 2 aromatic rings. The van der Waals surface area contributed by atoms with Crippen LogP contribution in [-0.4, -0.2) is 22.9 Å². The number of hydrogen-bond donors (Lipinski definition) is 2. The van der Waals surface area contributed by atoms with E-state index >= 15 is 0 Å². The van der Waals surface area contributed by atoms with Crippen molar-refractivity contribution in [2.45, 2.75) is 0 Å². The lowest BCUT2D eigenvalue weighted by Crippen LogP contribution is -2.03. The number of nitrogens with zero attached hydrogens (tertiary/aromatic N) is 2. The van der Waals surface area contributed by atoms with Gasteiger partial charge in [0.05, 0.1) is 35.9 Å². The maximum absolute atomic E-state index is 11.3. The van der Waals surface area contributed by atoms with Gasteiger partial charge in [0.2, 0.25) is 0 Å². The van der Waals surface area contributed by atoms with Gasteiger partial charge >= 0.3 is 5.97 Å². The molecule has 0 saturated heterocycles. The Bertz CT molecular complexity index is 577. The minimum atomic E-state index is -0.408. The van der Waals surface area contributed by atoms with E-state index in [1.165, 1.54) is 7.11 Å². The van der Waals surface area contributed by atoms with Crippen LogP contribution in [0.5, 0.6) is 0 Å². The molecule has 0 spiro atoms. The van der Waals surface area contributed by atoms with Crippen molar-refractivity contribution in [3.63, 3.8) is 0 Å². The number of ether oxygens (including phenoxy) is 1. The Morgan fingerprint density at radius 2 is 2.28 bits per heavy atom. The van der Waals surface area contributed by atoms with Crippen molar-refractivity contribution in [3.05, 3.63) is 36.2 Å². The van der Waals surface area contributed by atoms with Crippen LogP contribution in [0.15, 0.2) is 30.6 Å². The third-order valence-electron chi connectivity index (χ3n) is 2.46. The van der Waals surface area contributed by atoms with Crippen molar-refractivity contribution >= 4 is 23.0 Å². The summed E-state index contributed by atoms with van der Waals surface area (Å²) in [7, 11) is 3.16. The van der Waals surface area contributed by atoms with Crippen LogP contribution in [-0.2, 0) is 11.8 Å². The Labute approximate surface area is 104 Å². The number of esters is 1. The first-order valence-corrected chi connectivity index (χ1v) is 5.33. The highest BCUT2D eigenvalue weighted by Gasteiger charge is 2.08. The Balaban J connectivity index is 2.22. The Kier molecular flexibility index (Phi) is 3.18. The SMILES string of the molecule is COC(=O)c1ccc(Nc2cnn(C)c2)c(N)c1. The molecule has 0 aliphatic heterocycles. The van der Waals surface area contributed by atoms with Gasteiger partial charge in [-0.15, -0.1) is 0 Å². The van der Waals surface area contributed by atoms with E-state index in [1.807, 2.05) is 13.2 Å². The fourth-order valence-corrected chi connectivity index (χ4v) is 1.56. The largest absolute Gasteiger partial charge is 0.465 e. The van der Waals surface area contributed by atoms with Gasteiger partial charge < -0.3 is 15.8 Å². The van der Waals surface area contributed by atoms with Crippen molar-refractivity contribution in [2.24, 2.45) is 7.05 Å². The minimum Gasteiger partial charge on any atom is -0.465 e. The van der Waals surface area contributed by atoms with Gasteiger partial charge in [-0.05, 0) is 18.2 Å². The van der Waals surface area contributed by atoms with E-state index in [-0.39, 0.29) is 0 Å². The average molecular weight is 246 g/mol. The number of anilines is 3. The molecular weight excluding hydrogens is 232 g/mol. The summed E-state index contributed by atoms with van der Waals surface area (Å²) in [5, 5.41) is 7.16. The summed E-state index contributed by atoms with van der Waals surface area (Å²) in [5.41, 5.74) is 8.31. The molecular formula is C12H14N4O2. The van der Waals surface area contributed by atoms with Crippen LogP contribution >= 0.6 is 0 Å². The van der Waals surface area contributed by atoms with E-state index in [0.29, 0.717) is 11.3 Å². The lowest BCUT2D eigenvalue weighted by molar-refractivity contribution is 0.0601. The second-order valence-electron chi connectivity index (χ2n) is 3.82. The molecule has 1 aromatic carbocycles. The summed E-state index contributed by atoms with van der Waals surface area (Å²) in [6, 6.07) is 4.96. The molecule has 0 aliphatic rings. The second-order valence-corrected chi connectivity index (χ2v) is 3.82. The molecule has 0 saturated carbocycles. The summed E-state index contributed by atoms with van der Waals surface area (Å²) in [6.45, 7) is 0. The summed E-state index contributed by atoms with van der Waals surface area (Å²) < 4.78 is 6.31. The van der Waals surface area contributed by atoms with Crippen molar-refractivity contribution in [2.75, 3.05) is 18.2 Å². The number of methoxy groups -OCH3 is 1. The average Bonchev–Trinajstić information content (AvgIpc) is 2.76. The lowest BCUT2D eigenvalue weighted by Gasteiger charge is -2.08. The van der Waals surface area contributed by atoms with Gasteiger partial charge in [0.15, 0.2) is 0 Å². The molecule has 0 aliphatic carbocycles. The number of aryl methyl sites for hydroxylation is 1. The van der Waals surface area contributed by atoms with Crippen molar-refractivity contribution < 1.29 is 9.53 Å². The van der Waals surface area contributed by atoms with Crippen LogP contribution in [0.3, 0.4) is 0 Å². The van der Waals surface area contributed by atoms with E-state index < -0.39 is 5.97 Å². The van der Waals surface area contributed by atoms with Crippen LogP contribution in [0.4, 0.5) is 17.1 Å². The molecule has 6 nitrogen and oxygen atoms in total. The van der Waals surface area contributed by atoms with Crippen LogP contribution in [0.1, 0.15) is 10.4 Å². The standard InChI is InChI=1S/C12H14N4O2/c1-16-7-9(6-14-16)15-11-4-3-8(5-10(11)13)12(17)18-2/h3-7,15H,13H2,1-2H3. The van der Waals surface area contributed by atoms with Gasteiger partial charge in [-0.3, -0.25) is 4.68 Å². The molecule has 2 rings (SSSR count). The first-order valence-electron chi connectivity index (χ1n) is 5.33. The first kappa shape index (κ1) is 12.0. The molecule has 18 heavy (non-hydrogen) atoms. The van der Waals surface area contributed by atoms with Crippen LogP contribution in [0.2, 0.25) is 0 Å². The molecule has 94 valence electrons. The summed E-state index contributed by atoms with van der Waals surface area (Å²) >= 11 is 0. The third-order valence-corrected chi connectivity index (χ3v) is 2.46. The molecule has 3 N–H and O–H groups in total. The molecule has 0 radical (unpaired) electrons. The molecule has 1 heterocycles. The first-order chi connectivity index (χ1) is 8.60. The minimum absolute atomic E-state index is 0.408. The zero-order chi connectivity index (χ0) is 13.1. The number of nitrogens with two attached hydrogens (primary N) is 1. The highest BCUT2D eigenvalue weighted by atomic mass is 16.5. The van der Waals surface area contributed by atoms with Crippen LogP contribution < -0.4 is 11.1 Å². The summed E-state index contributed by atoms with van der Waals surface area (Å²) in [5.74, 6) is -0.408. The lowest BCUT2D eigenvalue weighted by atomic mass is 10.1. The number of carbonyl (C=O) groups is 1. The fraction of sp³-hybridized carbons (Fsp3) is 0.167. The van der Waals surface area contributed by atoms with E-state index in [9.17, 15) is 4.79 Å². The number of benzene rings is 1. The van der Waals surface area contributed by atoms with Crippen LogP contribution in [0.25, 0.3) is 0 Å². The molecule has 0 unspecified atom stereocenters. The van der Waals surface area contributed by atoms with Crippen LogP contribution in [0, 0.1) is 0 Å². The third kappa shape index (κ3) is 2.42. The van der Waals surface area contributed by atoms with Gasteiger partial charge in [0, 0.05) is 13.2 Å². The maximum atomic E-state index is 11.3. The molecule has 6 heteroatoms. The van der Waals surface area contributed by atoms with E-state index in [4.69, 9.17) is 5.73 Å². The molecule has 0 amide bonds. The normalized spacial score (nSPS) is 10.1. The topological polar surface area (TPSA) is 82.2 Å². The maximum Gasteiger partial charge on any atom is 0.337 e. The summed E-state index contributed by atoms with van der Waals surface area (Å²) in [4.78, 5) is 11.3. The van der Waals surface area contributed by atoms with Crippen molar-refractivity contribution in [1.82, 2.24) is 9.78 Å². The Morgan fingerprint density at radius 1 is 1.50 bits per heavy atom. The zero-order valence-electron chi connectivity index (χ0n) is 10.2. The molecule has 0 bridgehead atoms. The van der Waals surface area contributed by atoms with Gasteiger partial charge in [-0.2, -0.15) is 5.10 Å². The predicted molar refractivity (Wildman–Crippen MR) is 68.7 cm³/mol. The number of nitrogen functional groups attached to an aromatic ring is 1. The molecule has 0 fully saturated rings. The monoisotopic (exact) mass is 246 g/mol. The summed E-state index contributed by atoms with van der Waals surface area (Å²) in [6.07, 6.45) is 3.52. The Morgan fingerprint density at radius 3 is 2.83 bits per heavy atom. The molecule has 0 atom stereocenters. The second kappa shape index (κ2) is 4.79. The highest BCUT2D eigenvalue weighted by Crippen LogP contribution is 2.24.